The van der Waals surface area contributed by atoms with Crippen LogP contribution in [0.15, 0.2) is 18.3 Å². The molecular weight excluding hydrogens is 240 g/mol. The Morgan fingerprint density at radius 3 is 3.11 bits per heavy atom. The zero-order valence-electron chi connectivity index (χ0n) is 11.5. The third-order valence-corrected chi connectivity index (χ3v) is 4.37. The highest BCUT2D eigenvalue weighted by Crippen LogP contribution is 2.33. The summed E-state index contributed by atoms with van der Waals surface area (Å²) in [5.41, 5.74) is 2.27. The highest BCUT2D eigenvalue weighted by molar-refractivity contribution is 5.48. The van der Waals surface area contributed by atoms with Gasteiger partial charge >= 0.3 is 0 Å². The van der Waals surface area contributed by atoms with E-state index < -0.39 is 0 Å². The Labute approximate surface area is 114 Å². The first-order chi connectivity index (χ1) is 9.25. The van der Waals surface area contributed by atoms with Crippen molar-refractivity contribution in [2.24, 2.45) is 5.92 Å². The molecule has 2 saturated heterocycles. The van der Waals surface area contributed by atoms with E-state index in [0.717, 1.165) is 25.1 Å². The van der Waals surface area contributed by atoms with Crippen molar-refractivity contribution in [1.82, 2.24) is 4.98 Å². The van der Waals surface area contributed by atoms with Gasteiger partial charge in [0.2, 0.25) is 0 Å². The second-order valence-corrected chi connectivity index (χ2v) is 5.65. The number of aryl methyl sites for hydroxylation is 1. The van der Waals surface area contributed by atoms with E-state index in [1.807, 2.05) is 13.1 Å². The topological polar surface area (TPSA) is 45.6 Å². The van der Waals surface area contributed by atoms with Gasteiger partial charge in [-0.25, -0.2) is 0 Å². The van der Waals surface area contributed by atoms with Crippen LogP contribution < -0.4 is 4.90 Å². The van der Waals surface area contributed by atoms with Crippen LogP contribution in [0.4, 0.5) is 5.69 Å². The maximum Gasteiger partial charge on any atom is 0.0632 e. The van der Waals surface area contributed by atoms with Gasteiger partial charge in [0.1, 0.15) is 0 Å². The summed E-state index contributed by atoms with van der Waals surface area (Å²) >= 11 is 0. The van der Waals surface area contributed by atoms with Gasteiger partial charge in [-0.1, -0.05) is 0 Å². The van der Waals surface area contributed by atoms with E-state index in [0.29, 0.717) is 19.3 Å². The number of nitrogens with zero attached hydrogens (tertiary/aromatic N) is 2. The summed E-state index contributed by atoms with van der Waals surface area (Å²) in [5.74, 6) is 0.240. The number of ether oxygens (including phenoxy) is 1. The number of aliphatic hydroxyl groups is 1. The Balaban J connectivity index is 1.81. The van der Waals surface area contributed by atoms with Crippen molar-refractivity contribution in [3.8, 4) is 0 Å². The molecule has 2 aliphatic heterocycles. The zero-order valence-corrected chi connectivity index (χ0v) is 11.5. The van der Waals surface area contributed by atoms with Crippen molar-refractivity contribution in [2.45, 2.75) is 38.3 Å². The molecule has 0 saturated carbocycles. The molecule has 0 bridgehead atoms. The summed E-state index contributed by atoms with van der Waals surface area (Å²) in [4.78, 5) is 6.69. The molecule has 0 aliphatic carbocycles. The maximum absolute atomic E-state index is 10.2. The molecule has 2 aliphatic rings. The molecule has 4 heteroatoms. The third kappa shape index (κ3) is 2.60. The summed E-state index contributed by atoms with van der Waals surface area (Å²) in [6.45, 7) is 4.47. The van der Waals surface area contributed by atoms with Crippen LogP contribution in [0.3, 0.4) is 0 Å². The lowest BCUT2D eigenvalue weighted by Crippen LogP contribution is -2.46. The molecule has 0 radical (unpaired) electrons. The minimum Gasteiger partial charge on any atom is -0.393 e. The van der Waals surface area contributed by atoms with E-state index in [1.54, 1.807) is 0 Å². The molecule has 104 valence electrons. The van der Waals surface area contributed by atoms with Crippen molar-refractivity contribution < 1.29 is 9.84 Å². The molecular formula is C15H22N2O2. The lowest BCUT2D eigenvalue weighted by Gasteiger charge is -2.38. The van der Waals surface area contributed by atoms with Crippen molar-refractivity contribution in [3.05, 3.63) is 24.0 Å². The van der Waals surface area contributed by atoms with Crippen LogP contribution in [0.25, 0.3) is 0 Å². The number of rotatable bonds is 2. The Morgan fingerprint density at radius 2 is 2.32 bits per heavy atom. The maximum atomic E-state index is 10.2. The third-order valence-electron chi connectivity index (χ3n) is 4.37. The van der Waals surface area contributed by atoms with Crippen LogP contribution in [0.5, 0.6) is 0 Å². The lowest BCUT2D eigenvalue weighted by atomic mass is 9.89. The van der Waals surface area contributed by atoms with E-state index in [1.165, 1.54) is 12.1 Å². The molecule has 3 rings (SSSR count). The molecule has 0 spiro atoms. The Kier molecular flexibility index (Phi) is 3.71. The standard InChI is InChI=1S/C15H22N2O2/c1-11-9-12(4-6-16-11)17-7-2-3-14(17)13-10-19-8-5-15(13)18/h4,6,9,13-15,18H,2-3,5,7-8,10H2,1H3/t13-,14+,15-/m0/s1. The van der Waals surface area contributed by atoms with E-state index in [2.05, 4.69) is 22.0 Å². The van der Waals surface area contributed by atoms with Gasteiger partial charge in [-0.15, -0.1) is 0 Å². The van der Waals surface area contributed by atoms with Gasteiger partial charge < -0.3 is 14.7 Å². The van der Waals surface area contributed by atoms with Gasteiger partial charge in [0.05, 0.1) is 12.7 Å². The second kappa shape index (κ2) is 5.47. The Morgan fingerprint density at radius 1 is 1.42 bits per heavy atom. The number of hydrogen-bond donors (Lipinski definition) is 1. The van der Waals surface area contributed by atoms with Crippen LogP contribution in [0.1, 0.15) is 25.0 Å². The van der Waals surface area contributed by atoms with Crippen molar-refractivity contribution >= 4 is 5.69 Å². The predicted molar refractivity (Wildman–Crippen MR) is 74.3 cm³/mol. The number of aliphatic hydroxyl groups excluding tert-OH is 1. The Bertz CT molecular complexity index is 438. The second-order valence-electron chi connectivity index (χ2n) is 5.65. The van der Waals surface area contributed by atoms with E-state index in [9.17, 15) is 5.11 Å². The zero-order chi connectivity index (χ0) is 13.2. The fraction of sp³-hybridized carbons (Fsp3) is 0.667. The summed E-state index contributed by atoms with van der Waals surface area (Å²) < 4.78 is 5.57. The molecule has 0 aromatic carbocycles. The SMILES string of the molecule is Cc1cc(N2CCC[C@@H]2[C@@H]2COCC[C@@H]2O)ccn1. The number of hydrogen-bond acceptors (Lipinski definition) is 4. The summed E-state index contributed by atoms with van der Waals surface area (Å²) in [7, 11) is 0. The van der Waals surface area contributed by atoms with Gasteiger partial charge in [-0.3, -0.25) is 4.98 Å². The van der Waals surface area contributed by atoms with Gasteiger partial charge in [-0.2, -0.15) is 0 Å². The molecule has 2 fully saturated rings. The molecule has 19 heavy (non-hydrogen) atoms. The highest BCUT2D eigenvalue weighted by atomic mass is 16.5. The van der Waals surface area contributed by atoms with E-state index >= 15 is 0 Å². The molecule has 0 amide bonds. The lowest BCUT2D eigenvalue weighted by molar-refractivity contribution is -0.0437. The van der Waals surface area contributed by atoms with Crippen LogP contribution in [-0.2, 0) is 4.74 Å². The Hall–Kier alpha value is -1.13. The molecule has 1 N–H and O–H groups in total. The molecule has 3 heterocycles. The van der Waals surface area contributed by atoms with E-state index in [4.69, 9.17) is 4.74 Å². The van der Waals surface area contributed by atoms with Crippen LogP contribution in [0, 0.1) is 12.8 Å². The molecule has 4 nitrogen and oxygen atoms in total. The van der Waals surface area contributed by atoms with Crippen LogP contribution in [-0.4, -0.2) is 42.0 Å². The normalized spacial score (nSPS) is 31.7. The predicted octanol–water partition coefficient (Wildman–Crippen LogP) is 1.76. The fourth-order valence-corrected chi connectivity index (χ4v) is 3.38. The van der Waals surface area contributed by atoms with E-state index in [-0.39, 0.29) is 12.0 Å². The number of anilines is 1. The largest absolute Gasteiger partial charge is 0.393 e. The minimum absolute atomic E-state index is 0.220. The van der Waals surface area contributed by atoms with Crippen LogP contribution in [0.2, 0.25) is 0 Å². The monoisotopic (exact) mass is 262 g/mol. The smallest absolute Gasteiger partial charge is 0.0632 e. The first-order valence-electron chi connectivity index (χ1n) is 7.21. The summed E-state index contributed by atoms with van der Waals surface area (Å²) in [5, 5.41) is 10.2. The first-order valence-corrected chi connectivity index (χ1v) is 7.21. The molecule has 1 aromatic rings. The van der Waals surface area contributed by atoms with Crippen molar-refractivity contribution in [3.63, 3.8) is 0 Å². The van der Waals surface area contributed by atoms with Gasteiger partial charge in [0.15, 0.2) is 0 Å². The molecule has 1 aromatic heterocycles. The van der Waals surface area contributed by atoms with Crippen molar-refractivity contribution in [1.29, 1.82) is 0 Å². The highest BCUT2D eigenvalue weighted by Gasteiger charge is 2.37. The fourth-order valence-electron chi connectivity index (χ4n) is 3.38. The average Bonchev–Trinajstić information content (AvgIpc) is 2.88. The summed E-state index contributed by atoms with van der Waals surface area (Å²) in [6.07, 6.45) is 4.75. The minimum atomic E-state index is -0.220. The van der Waals surface area contributed by atoms with Gasteiger partial charge in [0, 0.05) is 42.7 Å². The number of aromatic nitrogens is 1. The molecule has 0 unspecified atom stereocenters. The van der Waals surface area contributed by atoms with Gasteiger partial charge in [-0.05, 0) is 38.3 Å². The first kappa shape index (κ1) is 12.9. The van der Waals surface area contributed by atoms with Crippen LogP contribution >= 0.6 is 0 Å². The summed E-state index contributed by atoms with van der Waals surface area (Å²) in [6, 6.07) is 4.60. The van der Waals surface area contributed by atoms with Crippen molar-refractivity contribution in [2.75, 3.05) is 24.7 Å². The molecule has 3 atom stereocenters. The quantitative estimate of drug-likeness (QED) is 0.882. The van der Waals surface area contributed by atoms with Gasteiger partial charge in [0.25, 0.3) is 0 Å². The number of pyridine rings is 1. The average molecular weight is 262 g/mol.